The highest BCUT2D eigenvalue weighted by Gasteiger charge is 2.47. The summed E-state index contributed by atoms with van der Waals surface area (Å²) in [6.45, 7) is 5.21. The maximum Gasteiger partial charge on any atom is 0.111 e. The summed E-state index contributed by atoms with van der Waals surface area (Å²) in [6.07, 6.45) is -5.10. The highest BCUT2D eigenvalue weighted by molar-refractivity contribution is 4.96. The summed E-state index contributed by atoms with van der Waals surface area (Å²) in [5.74, 6) is 0. The zero-order valence-corrected chi connectivity index (χ0v) is 9.29. The smallest absolute Gasteiger partial charge is 0.111 e. The molecule has 1 fully saturated rings. The lowest BCUT2D eigenvalue weighted by Crippen LogP contribution is -2.61. The van der Waals surface area contributed by atoms with Gasteiger partial charge in [0.2, 0.25) is 0 Å². The monoisotopic (exact) mass is 220 g/mol. The van der Waals surface area contributed by atoms with Gasteiger partial charge in [0, 0.05) is 0 Å². The van der Waals surface area contributed by atoms with E-state index < -0.39 is 30.5 Å². The Morgan fingerprint density at radius 1 is 1.00 bits per heavy atom. The molecule has 0 saturated carbocycles. The van der Waals surface area contributed by atoms with Crippen molar-refractivity contribution in [1.82, 2.24) is 0 Å². The van der Waals surface area contributed by atoms with Crippen molar-refractivity contribution < 1.29 is 25.2 Å². The van der Waals surface area contributed by atoms with E-state index >= 15 is 0 Å². The largest absolute Gasteiger partial charge is 0.394 e. The van der Waals surface area contributed by atoms with E-state index in [9.17, 15) is 15.3 Å². The maximum atomic E-state index is 9.74. The van der Waals surface area contributed by atoms with E-state index in [0.717, 1.165) is 0 Å². The molecule has 0 aromatic rings. The number of aliphatic hydroxyl groups is 4. The summed E-state index contributed by atoms with van der Waals surface area (Å²) in [7, 11) is 0. The summed E-state index contributed by atoms with van der Waals surface area (Å²) in [5.41, 5.74) is -0.367. The van der Waals surface area contributed by atoms with Crippen LogP contribution in [0.5, 0.6) is 0 Å². The minimum Gasteiger partial charge on any atom is -0.394 e. The lowest BCUT2D eigenvalue weighted by Gasteiger charge is -2.45. The van der Waals surface area contributed by atoms with E-state index in [1.54, 1.807) is 0 Å². The van der Waals surface area contributed by atoms with E-state index in [4.69, 9.17) is 9.84 Å². The second-order valence-corrected chi connectivity index (χ2v) is 5.12. The van der Waals surface area contributed by atoms with E-state index in [2.05, 4.69) is 0 Å². The summed E-state index contributed by atoms with van der Waals surface area (Å²) < 4.78 is 5.38. The molecule has 1 rings (SSSR count). The Hall–Kier alpha value is -0.200. The third kappa shape index (κ3) is 2.49. The maximum absolute atomic E-state index is 9.74. The average molecular weight is 220 g/mol. The molecule has 1 saturated heterocycles. The van der Waals surface area contributed by atoms with E-state index in [1.165, 1.54) is 0 Å². The second-order valence-electron chi connectivity index (χ2n) is 5.12. The fourth-order valence-corrected chi connectivity index (χ4v) is 1.82. The minimum atomic E-state index is -1.28. The van der Waals surface area contributed by atoms with Gasteiger partial charge in [0.25, 0.3) is 0 Å². The lowest BCUT2D eigenvalue weighted by atomic mass is 9.80. The van der Waals surface area contributed by atoms with Gasteiger partial charge in [0.1, 0.15) is 24.4 Å². The Bertz CT molecular complexity index is 210. The van der Waals surface area contributed by atoms with E-state index in [0.29, 0.717) is 0 Å². The SMILES string of the molecule is CC(C)(C)C1O[C@@H](CO)[C@@H](O)[C@@H](O)[C@@H]1O. The second kappa shape index (κ2) is 4.35. The van der Waals surface area contributed by atoms with Crippen LogP contribution >= 0.6 is 0 Å². The Morgan fingerprint density at radius 2 is 1.53 bits per heavy atom. The molecular formula is C10H20O5. The highest BCUT2D eigenvalue weighted by atomic mass is 16.5. The van der Waals surface area contributed by atoms with Gasteiger partial charge in [-0.25, -0.2) is 0 Å². The molecule has 0 aliphatic carbocycles. The van der Waals surface area contributed by atoms with Crippen LogP contribution in [0.2, 0.25) is 0 Å². The standard InChI is InChI=1S/C10H20O5/c1-10(2,3)9-8(14)7(13)6(12)5(4-11)15-9/h5-9,11-14H,4H2,1-3H3/t5-,6+,7+,8-,9?/m0/s1. The number of hydrogen-bond donors (Lipinski definition) is 4. The molecule has 0 bridgehead atoms. The van der Waals surface area contributed by atoms with Crippen LogP contribution in [0.1, 0.15) is 20.8 Å². The Morgan fingerprint density at radius 3 is 1.93 bits per heavy atom. The van der Waals surface area contributed by atoms with Gasteiger partial charge in [-0.1, -0.05) is 20.8 Å². The molecule has 0 amide bonds. The average Bonchev–Trinajstić information content (AvgIpc) is 2.13. The number of ether oxygens (including phenoxy) is 1. The first-order valence-corrected chi connectivity index (χ1v) is 5.09. The lowest BCUT2D eigenvalue weighted by molar-refractivity contribution is -0.250. The predicted octanol–water partition coefficient (Wildman–Crippen LogP) is -1.13. The van der Waals surface area contributed by atoms with Crippen LogP contribution in [0, 0.1) is 5.41 Å². The van der Waals surface area contributed by atoms with Crippen LogP contribution in [-0.2, 0) is 4.74 Å². The molecule has 1 heterocycles. The number of hydrogen-bond acceptors (Lipinski definition) is 5. The minimum absolute atomic E-state index is 0.367. The van der Waals surface area contributed by atoms with Crippen molar-refractivity contribution >= 4 is 0 Å². The van der Waals surface area contributed by atoms with Crippen LogP contribution in [0.25, 0.3) is 0 Å². The van der Waals surface area contributed by atoms with Crippen molar-refractivity contribution in [2.75, 3.05) is 6.61 Å². The van der Waals surface area contributed by atoms with Gasteiger partial charge < -0.3 is 25.2 Å². The molecule has 15 heavy (non-hydrogen) atoms. The predicted molar refractivity (Wildman–Crippen MR) is 53.2 cm³/mol. The molecule has 90 valence electrons. The topological polar surface area (TPSA) is 90.2 Å². The van der Waals surface area contributed by atoms with Crippen LogP contribution in [0.15, 0.2) is 0 Å². The van der Waals surface area contributed by atoms with Gasteiger partial charge >= 0.3 is 0 Å². The first kappa shape index (κ1) is 12.9. The highest BCUT2D eigenvalue weighted by Crippen LogP contribution is 2.32. The summed E-state index contributed by atoms with van der Waals surface area (Å²) >= 11 is 0. The van der Waals surface area contributed by atoms with Gasteiger partial charge in [-0.2, -0.15) is 0 Å². The molecule has 1 aliphatic rings. The van der Waals surface area contributed by atoms with Crippen LogP contribution in [0.3, 0.4) is 0 Å². The van der Waals surface area contributed by atoms with Crippen LogP contribution in [-0.4, -0.2) is 57.6 Å². The molecule has 4 N–H and O–H groups in total. The van der Waals surface area contributed by atoms with Crippen LogP contribution in [0.4, 0.5) is 0 Å². The first-order chi connectivity index (χ1) is 6.79. The van der Waals surface area contributed by atoms with Crippen molar-refractivity contribution in [2.45, 2.75) is 51.3 Å². The summed E-state index contributed by atoms with van der Waals surface area (Å²) in [4.78, 5) is 0. The van der Waals surface area contributed by atoms with Gasteiger partial charge in [-0.15, -0.1) is 0 Å². The number of aliphatic hydroxyl groups excluding tert-OH is 4. The van der Waals surface area contributed by atoms with Gasteiger partial charge in [-0.05, 0) is 5.41 Å². The first-order valence-electron chi connectivity index (χ1n) is 5.09. The Kier molecular flexibility index (Phi) is 3.73. The number of rotatable bonds is 1. The van der Waals surface area contributed by atoms with E-state index in [-0.39, 0.29) is 12.0 Å². The Labute approximate surface area is 89.3 Å². The van der Waals surface area contributed by atoms with Crippen molar-refractivity contribution in [2.24, 2.45) is 5.41 Å². The fourth-order valence-electron chi connectivity index (χ4n) is 1.82. The van der Waals surface area contributed by atoms with Crippen molar-refractivity contribution in [3.05, 3.63) is 0 Å². The van der Waals surface area contributed by atoms with Crippen molar-refractivity contribution in [1.29, 1.82) is 0 Å². The normalized spacial score (nSPS) is 43.0. The Balaban J connectivity index is 2.83. The zero-order chi connectivity index (χ0) is 11.8. The zero-order valence-electron chi connectivity index (χ0n) is 9.29. The third-order valence-corrected chi connectivity index (χ3v) is 2.75. The molecule has 0 spiro atoms. The van der Waals surface area contributed by atoms with Crippen molar-refractivity contribution in [3.8, 4) is 0 Å². The van der Waals surface area contributed by atoms with Gasteiger partial charge in [0.05, 0.1) is 12.7 Å². The molecule has 1 aliphatic heterocycles. The molecule has 1 unspecified atom stereocenters. The summed E-state index contributed by atoms with van der Waals surface area (Å²) in [5, 5.41) is 37.8. The molecular weight excluding hydrogens is 200 g/mol. The molecule has 0 aromatic heterocycles. The quantitative estimate of drug-likeness (QED) is 0.449. The molecule has 0 aromatic carbocycles. The molecule has 5 nitrogen and oxygen atoms in total. The van der Waals surface area contributed by atoms with Gasteiger partial charge in [0.15, 0.2) is 0 Å². The van der Waals surface area contributed by atoms with Crippen molar-refractivity contribution in [3.63, 3.8) is 0 Å². The third-order valence-electron chi connectivity index (χ3n) is 2.75. The van der Waals surface area contributed by atoms with Gasteiger partial charge in [-0.3, -0.25) is 0 Å². The molecule has 0 radical (unpaired) electrons. The van der Waals surface area contributed by atoms with E-state index in [1.807, 2.05) is 20.8 Å². The molecule has 5 atom stereocenters. The van der Waals surface area contributed by atoms with Crippen LogP contribution < -0.4 is 0 Å². The fraction of sp³-hybridized carbons (Fsp3) is 1.00. The molecule has 5 heteroatoms. The summed E-state index contributed by atoms with van der Waals surface area (Å²) in [6, 6.07) is 0.